The van der Waals surface area contributed by atoms with Gasteiger partial charge in [0, 0.05) is 0 Å². The van der Waals surface area contributed by atoms with Crippen molar-refractivity contribution in [2.24, 2.45) is 0 Å². The molecule has 0 fully saturated rings. The van der Waals surface area contributed by atoms with Crippen LogP contribution in [0.1, 0.15) is 80.6 Å². The fourth-order valence-electron chi connectivity index (χ4n) is 8.80. The number of hydrogen-bond donors (Lipinski definition) is 0. The van der Waals surface area contributed by atoms with Gasteiger partial charge in [-0.25, -0.2) is 0 Å². The molecule has 0 aliphatic rings. The van der Waals surface area contributed by atoms with E-state index in [1.807, 2.05) is 0 Å². The van der Waals surface area contributed by atoms with Gasteiger partial charge in [0.2, 0.25) is 0 Å². The quantitative estimate of drug-likeness (QED) is 0.0957. The van der Waals surface area contributed by atoms with Crippen molar-refractivity contribution in [1.29, 1.82) is 0 Å². The van der Waals surface area contributed by atoms with E-state index in [4.69, 9.17) is 0 Å². The molecule has 0 spiro atoms. The Balaban J connectivity index is 0.968. The molecule has 0 saturated heterocycles. The third kappa shape index (κ3) is 10.3. The lowest BCUT2D eigenvalue weighted by molar-refractivity contribution is 1.10. The summed E-state index contributed by atoms with van der Waals surface area (Å²) in [6.45, 7) is 4.55. The predicted octanol–water partition coefficient (Wildman–Crippen LogP) is 17.7. The van der Waals surface area contributed by atoms with Crippen LogP contribution < -0.4 is 0 Å². The second-order valence-electron chi connectivity index (χ2n) is 16.6. The van der Waals surface area contributed by atoms with Crippen LogP contribution in [0.3, 0.4) is 0 Å². The van der Waals surface area contributed by atoms with Gasteiger partial charge < -0.3 is 0 Å². The van der Waals surface area contributed by atoms with Crippen LogP contribution in [-0.4, -0.2) is 0 Å². The zero-order chi connectivity index (χ0) is 44.9. The molecule has 0 N–H and O–H groups in total. The normalized spacial score (nSPS) is 11.2. The summed E-state index contributed by atoms with van der Waals surface area (Å²) in [4.78, 5) is 0. The van der Waals surface area contributed by atoms with Gasteiger partial charge >= 0.3 is 0 Å². The summed E-state index contributed by atoms with van der Waals surface area (Å²) in [5, 5.41) is 0. The van der Waals surface area contributed by atoms with E-state index < -0.39 is 0 Å². The van der Waals surface area contributed by atoms with Crippen LogP contribution in [0.5, 0.6) is 0 Å². The molecule has 0 aliphatic carbocycles. The Morgan fingerprint density at radius 1 is 0.288 bits per heavy atom. The summed E-state index contributed by atoms with van der Waals surface area (Å²) < 4.78 is 0. The van der Waals surface area contributed by atoms with E-state index in [1.165, 1.54) is 100 Å². The molecule has 0 atom stereocenters. The molecule has 66 heavy (non-hydrogen) atoms. The molecule has 0 radical (unpaired) electrons. The number of rotatable bonds is 14. The first-order valence-electron chi connectivity index (χ1n) is 23.2. The van der Waals surface area contributed by atoms with Gasteiger partial charge in [-0.1, -0.05) is 269 Å². The van der Waals surface area contributed by atoms with Crippen LogP contribution >= 0.6 is 0 Å². The maximum atomic E-state index is 2.45. The molecule has 9 rings (SSSR count). The Morgan fingerprint density at radius 2 is 0.576 bits per heavy atom. The van der Waals surface area contributed by atoms with Crippen LogP contribution in [0.15, 0.2) is 231 Å². The molecule has 9 aromatic rings. The molecule has 0 nitrogen and oxygen atoms in total. The third-order valence-corrected chi connectivity index (χ3v) is 12.3. The minimum atomic E-state index is 0.933. The van der Waals surface area contributed by atoms with E-state index in [2.05, 4.69) is 281 Å². The monoisotopic (exact) mass is 846 g/mol. The van der Waals surface area contributed by atoms with Crippen LogP contribution in [0, 0.1) is 0 Å². The van der Waals surface area contributed by atoms with E-state index >= 15 is 0 Å². The molecule has 318 valence electrons. The lowest BCUT2D eigenvalue weighted by Gasteiger charge is -2.18. The van der Waals surface area contributed by atoms with Gasteiger partial charge in [-0.15, -0.1) is 0 Å². The third-order valence-electron chi connectivity index (χ3n) is 12.3. The van der Waals surface area contributed by atoms with Crippen LogP contribution in [0.2, 0.25) is 0 Å². The average molecular weight is 847 g/mol. The van der Waals surface area contributed by atoms with Crippen molar-refractivity contribution in [2.75, 3.05) is 0 Å². The van der Waals surface area contributed by atoms with Crippen LogP contribution in [-0.2, 0) is 12.8 Å². The maximum absolute atomic E-state index is 2.45. The van der Waals surface area contributed by atoms with Gasteiger partial charge in [0.1, 0.15) is 0 Å². The van der Waals surface area contributed by atoms with E-state index in [9.17, 15) is 0 Å². The highest BCUT2D eigenvalue weighted by Gasteiger charge is 2.15. The lowest BCUT2D eigenvalue weighted by atomic mass is 9.86. The molecule has 0 saturated carbocycles. The van der Waals surface area contributed by atoms with Crippen molar-refractivity contribution in [3.63, 3.8) is 0 Å². The summed E-state index contributed by atoms with van der Waals surface area (Å²) in [5.74, 6) is 0. The fraction of sp³-hybridized carbons (Fsp3) is 0.0606. The molecule has 0 heteroatoms. The molecular weight excluding hydrogens is 793 g/mol. The maximum Gasteiger partial charge on any atom is -0.0105 e. The highest BCUT2D eigenvalue weighted by Crippen LogP contribution is 2.37. The van der Waals surface area contributed by atoms with Crippen molar-refractivity contribution in [1.82, 2.24) is 0 Å². The summed E-state index contributed by atoms with van der Waals surface area (Å²) in [6.07, 6.45) is 15.5. The predicted molar refractivity (Wildman–Crippen MR) is 287 cm³/mol. The van der Waals surface area contributed by atoms with Gasteiger partial charge in [-0.2, -0.15) is 0 Å². The minimum Gasteiger partial charge on any atom is -0.0622 e. The summed E-state index contributed by atoms with van der Waals surface area (Å²) in [7, 11) is 0. The number of benzene rings is 9. The zero-order valence-electron chi connectivity index (χ0n) is 37.8. The van der Waals surface area contributed by atoms with Gasteiger partial charge in [-0.05, 0) is 125 Å². The van der Waals surface area contributed by atoms with Gasteiger partial charge in [0.15, 0.2) is 0 Å². The standard InChI is InChI=1S/C66H54/c1-3-53-47-66(62-32-20-18-30-60(62)44-42-50-35-39-52(40-36-50)46-64(57-25-13-7-14-26-57)58-27-15-8-16-28-58)54(4-2)48-65(53)61-31-19-17-29-59(61)43-41-49-33-37-51(38-34-49)45-63(55-21-9-5-10-22-55)56-23-11-6-12-24-56/h5-48H,3-4H2,1-2H3. The smallest absolute Gasteiger partial charge is 0.0105 e. The van der Waals surface area contributed by atoms with Gasteiger partial charge in [0.05, 0.1) is 0 Å². The van der Waals surface area contributed by atoms with Crippen molar-refractivity contribution >= 4 is 47.6 Å². The first-order chi connectivity index (χ1) is 32.6. The number of aryl methyl sites for hydroxylation is 2. The molecular formula is C66H54. The van der Waals surface area contributed by atoms with Crippen molar-refractivity contribution in [3.8, 4) is 22.3 Å². The molecule has 0 heterocycles. The van der Waals surface area contributed by atoms with E-state index in [0.29, 0.717) is 0 Å². The molecule has 9 aromatic carbocycles. The second-order valence-corrected chi connectivity index (χ2v) is 16.6. The molecule has 0 bridgehead atoms. The van der Waals surface area contributed by atoms with Crippen LogP contribution in [0.25, 0.3) is 69.9 Å². The SMILES string of the molecule is CCc1cc(-c2ccccc2C=Cc2ccc(C=C(c3ccccc3)c3ccccc3)cc2)c(CC)cc1-c1ccccc1C=Cc1ccc(C=C(c2ccccc2)c2ccccc2)cc1. The Kier molecular flexibility index (Phi) is 13.8. The molecule has 0 aromatic heterocycles. The Hall–Kier alpha value is -8.06. The fourth-order valence-corrected chi connectivity index (χ4v) is 8.80. The number of hydrogen-bond acceptors (Lipinski definition) is 0. The highest BCUT2D eigenvalue weighted by atomic mass is 14.2. The lowest BCUT2D eigenvalue weighted by Crippen LogP contribution is -1.97. The molecule has 0 unspecified atom stereocenters. The van der Waals surface area contributed by atoms with Crippen molar-refractivity contribution < 1.29 is 0 Å². The summed E-state index contributed by atoms with van der Waals surface area (Å²) >= 11 is 0. The van der Waals surface area contributed by atoms with Crippen molar-refractivity contribution in [3.05, 3.63) is 297 Å². The van der Waals surface area contributed by atoms with Crippen molar-refractivity contribution in [2.45, 2.75) is 26.7 Å². The zero-order valence-corrected chi connectivity index (χ0v) is 37.8. The highest BCUT2D eigenvalue weighted by molar-refractivity contribution is 5.93. The first kappa shape index (κ1) is 43.2. The van der Waals surface area contributed by atoms with Gasteiger partial charge in [-0.3, -0.25) is 0 Å². The topological polar surface area (TPSA) is 0 Å². The van der Waals surface area contributed by atoms with E-state index in [-0.39, 0.29) is 0 Å². The Labute approximate surface area is 392 Å². The van der Waals surface area contributed by atoms with E-state index in [0.717, 1.165) is 12.8 Å². The minimum absolute atomic E-state index is 0.933. The van der Waals surface area contributed by atoms with Gasteiger partial charge in [0.25, 0.3) is 0 Å². The Bertz CT molecular complexity index is 2830. The molecule has 0 aliphatic heterocycles. The van der Waals surface area contributed by atoms with Crippen LogP contribution in [0.4, 0.5) is 0 Å². The summed E-state index contributed by atoms with van der Waals surface area (Å²) in [6, 6.07) is 82.8. The second kappa shape index (κ2) is 21.1. The molecule has 0 amide bonds. The van der Waals surface area contributed by atoms with E-state index in [1.54, 1.807) is 0 Å². The first-order valence-corrected chi connectivity index (χ1v) is 23.2. The summed E-state index contributed by atoms with van der Waals surface area (Å²) in [5.41, 5.74) is 22.2. The Morgan fingerprint density at radius 3 is 0.894 bits per heavy atom. The average Bonchev–Trinajstić information content (AvgIpc) is 3.39. The largest absolute Gasteiger partial charge is 0.0622 e.